The first-order valence-corrected chi connectivity index (χ1v) is 9.91. The molecule has 1 aliphatic carbocycles. The summed E-state index contributed by atoms with van der Waals surface area (Å²) >= 11 is 12.4. The van der Waals surface area contributed by atoms with Crippen LogP contribution in [0, 0.1) is 11.3 Å². The smallest absolute Gasteiger partial charge is 0.416 e. The summed E-state index contributed by atoms with van der Waals surface area (Å²) in [5.41, 5.74) is -1.42. The molecule has 1 aliphatic rings. The standard InChI is InChI=1S/C19H14Cl2F3N7O/c1-30(2)8-26-16-14(18(3-4-18)17-28-27-9-32-17)13(7-25)29-31(16)15-11(20)5-10(6-12(15)21)19(22,23)24/h5-6,8-9H,3-4H2,1-2H3/b26-8-. The molecule has 0 unspecified atom stereocenters. The molecule has 0 bridgehead atoms. The molecule has 4 rings (SSSR count). The molecule has 13 heteroatoms. The van der Waals surface area contributed by atoms with Gasteiger partial charge in [0.05, 0.1) is 32.9 Å². The predicted molar refractivity (Wildman–Crippen MR) is 109 cm³/mol. The molecule has 0 N–H and O–H groups in total. The van der Waals surface area contributed by atoms with Gasteiger partial charge < -0.3 is 9.32 Å². The van der Waals surface area contributed by atoms with Gasteiger partial charge in [0.1, 0.15) is 11.8 Å². The van der Waals surface area contributed by atoms with Crippen LogP contribution >= 0.6 is 23.2 Å². The monoisotopic (exact) mass is 483 g/mol. The molecule has 0 saturated heterocycles. The fraction of sp³-hybridized carbons (Fsp3) is 0.316. The summed E-state index contributed by atoms with van der Waals surface area (Å²) in [6.07, 6.45) is -0.809. The number of nitrogens with zero attached hydrogens (tertiary/aromatic N) is 7. The molecule has 3 aromatic rings. The summed E-state index contributed by atoms with van der Waals surface area (Å²) in [5, 5.41) is 21.2. The normalized spacial score (nSPS) is 15.2. The second-order valence-electron chi connectivity index (χ2n) is 7.39. The lowest BCUT2D eigenvalue weighted by atomic mass is 9.95. The number of aliphatic imine (C=N–C) groups is 1. The lowest BCUT2D eigenvalue weighted by Crippen LogP contribution is -2.12. The molecule has 1 fully saturated rings. The van der Waals surface area contributed by atoms with E-state index in [1.165, 1.54) is 17.4 Å². The van der Waals surface area contributed by atoms with Gasteiger partial charge in [-0.25, -0.2) is 9.67 Å². The maximum Gasteiger partial charge on any atom is 0.416 e. The van der Waals surface area contributed by atoms with Crippen LogP contribution in [0.15, 0.2) is 27.9 Å². The van der Waals surface area contributed by atoms with Gasteiger partial charge in [-0.3, -0.25) is 0 Å². The Hall–Kier alpha value is -3.10. The highest BCUT2D eigenvalue weighted by molar-refractivity contribution is 6.38. The maximum atomic E-state index is 13.2. The van der Waals surface area contributed by atoms with Gasteiger partial charge in [-0.1, -0.05) is 23.2 Å². The fourth-order valence-electron chi connectivity index (χ4n) is 3.38. The van der Waals surface area contributed by atoms with E-state index in [9.17, 15) is 18.4 Å². The van der Waals surface area contributed by atoms with Crippen molar-refractivity contribution in [1.29, 1.82) is 5.26 Å². The van der Waals surface area contributed by atoms with Crippen molar-refractivity contribution in [2.45, 2.75) is 24.4 Å². The van der Waals surface area contributed by atoms with Gasteiger partial charge in [0, 0.05) is 14.1 Å². The van der Waals surface area contributed by atoms with Crippen molar-refractivity contribution in [2.75, 3.05) is 14.1 Å². The number of benzene rings is 1. The van der Waals surface area contributed by atoms with Crippen molar-refractivity contribution in [2.24, 2.45) is 4.99 Å². The van der Waals surface area contributed by atoms with Crippen molar-refractivity contribution in [3.05, 3.63) is 51.3 Å². The summed E-state index contributed by atoms with van der Waals surface area (Å²) in [6.45, 7) is 0. The van der Waals surface area contributed by atoms with Crippen LogP contribution in [0.25, 0.3) is 5.69 Å². The second-order valence-corrected chi connectivity index (χ2v) is 8.21. The van der Waals surface area contributed by atoms with E-state index in [0.29, 0.717) is 24.3 Å². The predicted octanol–water partition coefficient (Wildman–Crippen LogP) is 4.75. The Morgan fingerprint density at radius 3 is 2.41 bits per heavy atom. The zero-order valence-electron chi connectivity index (χ0n) is 16.7. The Kier molecular flexibility index (Phi) is 5.38. The number of hydrogen-bond donors (Lipinski definition) is 0. The van der Waals surface area contributed by atoms with Gasteiger partial charge >= 0.3 is 6.18 Å². The number of rotatable bonds is 5. The van der Waals surface area contributed by atoms with Crippen molar-refractivity contribution in [3.63, 3.8) is 0 Å². The summed E-state index contributed by atoms with van der Waals surface area (Å²) < 4.78 is 46.1. The van der Waals surface area contributed by atoms with Gasteiger partial charge in [0.25, 0.3) is 0 Å². The number of nitriles is 1. The van der Waals surface area contributed by atoms with Crippen LogP contribution in [0.4, 0.5) is 19.0 Å². The van der Waals surface area contributed by atoms with E-state index in [2.05, 4.69) is 20.3 Å². The molecule has 0 amide bonds. The van der Waals surface area contributed by atoms with Crippen LogP contribution in [0.5, 0.6) is 0 Å². The van der Waals surface area contributed by atoms with Gasteiger partial charge in [0.15, 0.2) is 11.5 Å². The number of halogens is 5. The molecule has 8 nitrogen and oxygen atoms in total. The third kappa shape index (κ3) is 3.69. The zero-order valence-corrected chi connectivity index (χ0v) is 18.2. The molecule has 1 aromatic carbocycles. The summed E-state index contributed by atoms with van der Waals surface area (Å²) in [6, 6.07) is 3.52. The van der Waals surface area contributed by atoms with E-state index in [1.807, 2.05) is 6.07 Å². The minimum Gasteiger partial charge on any atom is -0.427 e. The summed E-state index contributed by atoms with van der Waals surface area (Å²) in [5.74, 6) is 0.467. The van der Waals surface area contributed by atoms with E-state index in [-0.39, 0.29) is 27.2 Å². The molecular formula is C19H14Cl2F3N7O. The fourth-order valence-corrected chi connectivity index (χ4v) is 4.03. The molecular weight excluding hydrogens is 470 g/mol. The quantitative estimate of drug-likeness (QED) is 0.383. The lowest BCUT2D eigenvalue weighted by molar-refractivity contribution is -0.137. The SMILES string of the molecule is CN(C)/C=N\c1c(C2(c3nnco3)CC2)c(C#N)nn1-c1c(Cl)cc(C(F)(F)F)cc1Cl. The molecule has 2 heterocycles. The highest BCUT2D eigenvalue weighted by Gasteiger charge is 2.55. The highest BCUT2D eigenvalue weighted by atomic mass is 35.5. The minimum atomic E-state index is -4.64. The average molecular weight is 484 g/mol. The van der Waals surface area contributed by atoms with E-state index < -0.39 is 17.2 Å². The zero-order chi connectivity index (χ0) is 23.3. The third-order valence-corrected chi connectivity index (χ3v) is 5.51. The van der Waals surface area contributed by atoms with Crippen LogP contribution in [-0.4, -0.2) is 45.3 Å². The molecule has 0 radical (unpaired) electrons. The lowest BCUT2D eigenvalue weighted by Gasteiger charge is -2.15. The van der Waals surface area contributed by atoms with Gasteiger partial charge in [-0.2, -0.15) is 23.5 Å². The van der Waals surface area contributed by atoms with E-state index in [0.717, 1.165) is 12.1 Å². The summed E-state index contributed by atoms with van der Waals surface area (Å²) in [4.78, 5) is 6.09. The van der Waals surface area contributed by atoms with Crippen LogP contribution in [0.2, 0.25) is 10.0 Å². The first-order chi connectivity index (χ1) is 15.1. The van der Waals surface area contributed by atoms with Crippen LogP contribution in [0.1, 0.15) is 35.6 Å². The third-order valence-electron chi connectivity index (χ3n) is 4.93. The first-order valence-electron chi connectivity index (χ1n) is 9.16. The average Bonchev–Trinajstić information content (AvgIpc) is 3.15. The van der Waals surface area contributed by atoms with Crippen molar-refractivity contribution < 1.29 is 17.6 Å². The molecule has 1 saturated carbocycles. The molecule has 32 heavy (non-hydrogen) atoms. The Morgan fingerprint density at radius 2 is 1.94 bits per heavy atom. The topological polar surface area (TPSA) is 96.1 Å². The van der Waals surface area contributed by atoms with Crippen molar-refractivity contribution in [1.82, 2.24) is 24.9 Å². The first kappa shape index (κ1) is 22.1. The van der Waals surface area contributed by atoms with E-state index in [1.54, 1.807) is 19.0 Å². The molecule has 0 aliphatic heterocycles. The van der Waals surface area contributed by atoms with Crippen LogP contribution < -0.4 is 0 Å². The maximum absolute atomic E-state index is 13.2. The van der Waals surface area contributed by atoms with E-state index in [4.69, 9.17) is 27.6 Å². The second kappa shape index (κ2) is 7.79. The Balaban J connectivity index is 1.99. The largest absolute Gasteiger partial charge is 0.427 e. The van der Waals surface area contributed by atoms with Crippen LogP contribution in [0.3, 0.4) is 0 Å². The van der Waals surface area contributed by atoms with Crippen molar-refractivity contribution in [3.8, 4) is 11.8 Å². The number of alkyl halides is 3. The highest BCUT2D eigenvalue weighted by Crippen LogP contribution is 2.57. The van der Waals surface area contributed by atoms with E-state index >= 15 is 0 Å². The van der Waals surface area contributed by atoms with Crippen LogP contribution in [-0.2, 0) is 11.6 Å². The van der Waals surface area contributed by atoms with Gasteiger partial charge in [-0.05, 0) is 25.0 Å². The number of aromatic nitrogens is 4. The van der Waals surface area contributed by atoms with Gasteiger partial charge in [0.2, 0.25) is 12.3 Å². The molecule has 0 spiro atoms. The van der Waals surface area contributed by atoms with Crippen molar-refractivity contribution >= 4 is 35.4 Å². The molecule has 166 valence electrons. The minimum absolute atomic E-state index is 0.00126. The van der Waals surface area contributed by atoms with Gasteiger partial charge in [-0.15, -0.1) is 10.2 Å². The Labute approximate surface area is 189 Å². The Morgan fingerprint density at radius 1 is 1.28 bits per heavy atom. The molecule has 0 atom stereocenters. The number of hydrogen-bond acceptors (Lipinski definition) is 6. The summed E-state index contributed by atoms with van der Waals surface area (Å²) in [7, 11) is 3.47. The Bertz CT molecular complexity index is 1220. The molecule has 2 aromatic heterocycles.